The van der Waals surface area contributed by atoms with Gasteiger partial charge in [-0.15, -0.1) is 0 Å². The van der Waals surface area contributed by atoms with Crippen molar-refractivity contribution in [3.05, 3.63) is 0 Å². The third kappa shape index (κ3) is 4.46. The Bertz CT molecular complexity index is 220. The summed E-state index contributed by atoms with van der Waals surface area (Å²) in [7, 11) is 0. The Morgan fingerprint density at radius 2 is 2.12 bits per heavy atom. The van der Waals surface area contributed by atoms with Crippen molar-refractivity contribution < 1.29 is 0 Å². The van der Waals surface area contributed by atoms with Gasteiger partial charge in [0.25, 0.3) is 0 Å². The first-order valence-electron chi connectivity index (χ1n) is 7.09. The van der Waals surface area contributed by atoms with E-state index in [4.69, 9.17) is 0 Å². The molecule has 0 amide bonds. The average Bonchev–Trinajstić information content (AvgIpc) is 2.29. The van der Waals surface area contributed by atoms with Crippen LogP contribution in [0.3, 0.4) is 0 Å². The van der Waals surface area contributed by atoms with E-state index in [0.717, 1.165) is 12.5 Å². The molecule has 0 aliphatic carbocycles. The van der Waals surface area contributed by atoms with Crippen LogP contribution in [0.5, 0.6) is 0 Å². The molecule has 0 radical (unpaired) electrons. The summed E-state index contributed by atoms with van der Waals surface area (Å²) in [6.45, 7) is 15.2. The highest BCUT2D eigenvalue weighted by Gasteiger charge is 2.35. The molecular formula is C14H30N2S. The van der Waals surface area contributed by atoms with Gasteiger partial charge >= 0.3 is 0 Å². The van der Waals surface area contributed by atoms with E-state index in [9.17, 15) is 0 Å². The van der Waals surface area contributed by atoms with Gasteiger partial charge in [0.05, 0.1) is 0 Å². The van der Waals surface area contributed by atoms with Crippen LogP contribution >= 0.6 is 11.8 Å². The number of thioether (sulfide) groups is 1. The van der Waals surface area contributed by atoms with E-state index in [1.54, 1.807) is 0 Å². The molecule has 0 saturated carbocycles. The van der Waals surface area contributed by atoms with Crippen molar-refractivity contribution in [3.63, 3.8) is 0 Å². The summed E-state index contributed by atoms with van der Waals surface area (Å²) in [4.78, 5) is 2.72. The normalized spacial score (nSPS) is 31.1. The van der Waals surface area contributed by atoms with E-state index in [1.165, 1.54) is 31.0 Å². The first kappa shape index (κ1) is 15.3. The zero-order chi connectivity index (χ0) is 12.9. The van der Waals surface area contributed by atoms with Crippen LogP contribution in [-0.4, -0.2) is 47.6 Å². The largest absolute Gasteiger partial charge is 0.309 e. The molecule has 1 aliphatic rings. The topological polar surface area (TPSA) is 15.3 Å². The monoisotopic (exact) mass is 258 g/mol. The van der Waals surface area contributed by atoms with Crippen LogP contribution in [0.25, 0.3) is 0 Å². The van der Waals surface area contributed by atoms with Gasteiger partial charge in [0.2, 0.25) is 0 Å². The Labute approximate surface area is 112 Å². The zero-order valence-corrected chi connectivity index (χ0v) is 13.1. The first-order valence-corrected chi connectivity index (χ1v) is 8.24. The lowest BCUT2D eigenvalue weighted by atomic mass is 9.90. The Balaban J connectivity index is 2.56. The summed E-state index contributed by atoms with van der Waals surface area (Å²) in [6.07, 6.45) is 1.22. The lowest BCUT2D eigenvalue weighted by Gasteiger charge is -2.47. The van der Waals surface area contributed by atoms with E-state index in [0.29, 0.717) is 11.6 Å². The highest BCUT2D eigenvalue weighted by atomic mass is 32.2. The first-order chi connectivity index (χ1) is 8.02. The minimum atomic E-state index is 0.322. The van der Waals surface area contributed by atoms with E-state index in [-0.39, 0.29) is 0 Å². The maximum Gasteiger partial charge on any atom is 0.0278 e. The second-order valence-corrected chi connectivity index (χ2v) is 7.17. The van der Waals surface area contributed by atoms with Crippen molar-refractivity contribution in [1.29, 1.82) is 0 Å². The van der Waals surface area contributed by atoms with E-state index < -0.39 is 0 Å². The number of nitrogens with one attached hydrogen (secondary N) is 1. The Morgan fingerprint density at radius 3 is 2.65 bits per heavy atom. The summed E-state index contributed by atoms with van der Waals surface area (Å²) in [6, 6.07) is 0.715. The molecule has 1 aliphatic heterocycles. The fourth-order valence-corrected chi connectivity index (χ4v) is 3.22. The second-order valence-electron chi connectivity index (χ2n) is 5.77. The van der Waals surface area contributed by atoms with Gasteiger partial charge in [-0.1, -0.05) is 27.7 Å². The fraction of sp³-hybridized carbons (Fsp3) is 1.00. The highest BCUT2D eigenvalue weighted by Crippen LogP contribution is 2.22. The van der Waals surface area contributed by atoms with Crippen LogP contribution in [0, 0.1) is 5.92 Å². The van der Waals surface area contributed by atoms with Gasteiger partial charge in [-0.3, -0.25) is 4.90 Å². The van der Waals surface area contributed by atoms with Gasteiger partial charge in [-0.05, 0) is 25.0 Å². The minimum absolute atomic E-state index is 0.322. The van der Waals surface area contributed by atoms with Crippen molar-refractivity contribution in [2.45, 2.75) is 52.6 Å². The van der Waals surface area contributed by atoms with Crippen molar-refractivity contribution >= 4 is 11.8 Å². The van der Waals surface area contributed by atoms with Crippen LogP contribution in [0.4, 0.5) is 0 Å². The Hall–Kier alpha value is 0.270. The molecule has 1 heterocycles. The van der Waals surface area contributed by atoms with Crippen molar-refractivity contribution in [2.75, 3.05) is 31.1 Å². The van der Waals surface area contributed by atoms with Crippen molar-refractivity contribution in [3.8, 4) is 0 Å². The van der Waals surface area contributed by atoms with Crippen LogP contribution < -0.4 is 5.32 Å². The molecule has 2 unspecified atom stereocenters. The zero-order valence-electron chi connectivity index (χ0n) is 12.3. The molecule has 0 spiro atoms. The molecule has 17 heavy (non-hydrogen) atoms. The van der Waals surface area contributed by atoms with Gasteiger partial charge in [0.15, 0.2) is 0 Å². The summed E-state index contributed by atoms with van der Waals surface area (Å²) in [5.41, 5.74) is 0.322. The summed E-state index contributed by atoms with van der Waals surface area (Å²) >= 11 is 2.06. The third-order valence-corrected chi connectivity index (χ3v) is 4.92. The van der Waals surface area contributed by atoms with Gasteiger partial charge in [-0.2, -0.15) is 11.8 Å². The number of piperazine rings is 1. The van der Waals surface area contributed by atoms with Crippen LogP contribution in [0.1, 0.15) is 41.0 Å². The predicted molar refractivity (Wildman–Crippen MR) is 79.9 cm³/mol. The summed E-state index contributed by atoms with van der Waals surface area (Å²) < 4.78 is 0. The van der Waals surface area contributed by atoms with Crippen LogP contribution in [-0.2, 0) is 0 Å². The Morgan fingerprint density at radius 1 is 1.41 bits per heavy atom. The van der Waals surface area contributed by atoms with E-state index >= 15 is 0 Å². The van der Waals surface area contributed by atoms with Gasteiger partial charge < -0.3 is 5.32 Å². The van der Waals surface area contributed by atoms with Crippen molar-refractivity contribution in [2.24, 2.45) is 5.92 Å². The molecule has 0 aromatic rings. The second kappa shape index (κ2) is 7.01. The quantitative estimate of drug-likeness (QED) is 0.738. The van der Waals surface area contributed by atoms with Gasteiger partial charge in [-0.25, -0.2) is 0 Å². The molecule has 3 heteroatoms. The number of nitrogens with zero attached hydrogens (tertiary/aromatic N) is 1. The Kier molecular flexibility index (Phi) is 6.32. The van der Waals surface area contributed by atoms with E-state index in [2.05, 4.69) is 56.6 Å². The standard InChI is InChI=1S/C14H30N2S/c1-6-14(5)11-16(8-9-17-7-2)13(10-15-14)12(3)4/h12-13,15H,6-11H2,1-5H3. The average molecular weight is 258 g/mol. The fourth-order valence-electron chi connectivity index (χ4n) is 2.57. The molecule has 1 saturated heterocycles. The molecule has 1 N–H and O–H groups in total. The molecule has 1 fully saturated rings. The molecule has 2 nitrogen and oxygen atoms in total. The number of hydrogen-bond acceptors (Lipinski definition) is 3. The molecule has 2 atom stereocenters. The minimum Gasteiger partial charge on any atom is -0.309 e. The molecule has 0 bridgehead atoms. The summed E-state index contributed by atoms with van der Waals surface area (Å²) in [5.74, 6) is 3.26. The molecule has 0 aromatic heterocycles. The maximum absolute atomic E-state index is 3.75. The van der Waals surface area contributed by atoms with Crippen LogP contribution in [0.15, 0.2) is 0 Å². The highest BCUT2D eigenvalue weighted by molar-refractivity contribution is 7.99. The number of rotatable bonds is 6. The predicted octanol–water partition coefficient (Wildman–Crippen LogP) is 2.84. The van der Waals surface area contributed by atoms with Crippen molar-refractivity contribution in [1.82, 2.24) is 10.2 Å². The lowest BCUT2D eigenvalue weighted by molar-refractivity contribution is 0.0661. The van der Waals surface area contributed by atoms with Crippen LogP contribution in [0.2, 0.25) is 0 Å². The molecule has 1 rings (SSSR count). The maximum atomic E-state index is 3.75. The van der Waals surface area contributed by atoms with Gasteiger partial charge in [0.1, 0.15) is 0 Å². The molecular weight excluding hydrogens is 228 g/mol. The number of hydrogen-bond donors (Lipinski definition) is 1. The van der Waals surface area contributed by atoms with E-state index in [1.807, 2.05) is 0 Å². The molecule has 102 valence electrons. The smallest absolute Gasteiger partial charge is 0.0278 e. The van der Waals surface area contributed by atoms with Gasteiger partial charge in [0, 0.05) is 37.0 Å². The molecule has 0 aromatic carbocycles. The summed E-state index contributed by atoms with van der Waals surface area (Å²) in [5, 5.41) is 3.75. The lowest BCUT2D eigenvalue weighted by Crippen LogP contribution is -2.64. The third-order valence-electron chi connectivity index (χ3n) is 4.04. The SMILES string of the molecule is CCSCCN1CC(C)(CC)NCC1C(C)C.